The van der Waals surface area contributed by atoms with Crippen LogP contribution in [0.15, 0.2) is 52.0 Å². The van der Waals surface area contributed by atoms with Crippen LogP contribution in [0.2, 0.25) is 0 Å². The number of carbonyl (C=O) groups is 1. The zero-order valence-electron chi connectivity index (χ0n) is 19.0. The fraction of sp³-hybridized carbons (Fsp3) is 0.348. The molecule has 2 aromatic carbocycles. The van der Waals surface area contributed by atoms with Crippen molar-refractivity contribution in [3.05, 3.63) is 48.3 Å². The number of fused-ring (bicyclic) bond motifs is 1. The second-order valence-electron chi connectivity index (χ2n) is 8.16. The summed E-state index contributed by atoms with van der Waals surface area (Å²) in [6.07, 6.45) is 5.75. The Morgan fingerprint density at radius 3 is 2.82 bits per heavy atom. The van der Waals surface area contributed by atoms with Crippen LogP contribution in [0.3, 0.4) is 0 Å². The third-order valence-electron chi connectivity index (χ3n) is 5.62. The minimum Gasteiger partial charge on any atom is -0.489 e. The topological polar surface area (TPSA) is 103 Å². The molecule has 1 amide bonds. The highest BCUT2D eigenvalue weighted by Gasteiger charge is 2.19. The molecule has 1 heterocycles. The summed E-state index contributed by atoms with van der Waals surface area (Å²) in [4.78, 5) is 21.0. The fourth-order valence-corrected chi connectivity index (χ4v) is 4.73. The normalized spacial score (nSPS) is 15.3. The van der Waals surface area contributed by atoms with E-state index in [1.54, 1.807) is 31.5 Å². The van der Waals surface area contributed by atoms with Crippen molar-refractivity contribution in [2.45, 2.75) is 43.7 Å². The molecule has 1 aliphatic carbocycles. The monoisotopic (exact) mass is 466 g/mol. The highest BCUT2D eigenvalue weighted by atomic mass is 32.2. The molecule has 1 saturated carbocycles. The third kappa shape index (κ3) is 5.44. The molecule has 172 valence electrons. The smallest absolute Gasteiger partial charge is 0.442 e. The minimum atomic E-state index is -2.92. The molecule has 33 heavy (non-hydrogen) atoms. The van der Waals surface area contributed by atoms with Gasteiger partial charge in [-0.2, -0.15) is 0 Å². The summed E-state index contributed by atoms with van der Waals surface area (Å²) in [7, 11) is -0.927. The van der Waals surface area contributed by atoms with Crippen LogP contribution in [0.5, 0.6) is 5.75 Å². The number of ether oxygens (including phenoxy) is 2. The van der Waals surface area contributed by atoms with Crippen molar-refractivity contribution in [2.75, 3.05) is 18.2 Å². The Balaban J connectivity index is 1.53. The van der Waals surface area contributed by atoms with Crippen LogP contribution in [0, 0.1) is 0 Å². The van der Waals surface area contributed by atoms with Crippen molar-refractivity contribution in [1.82, 2.24) is 9.97 Å². The van der Waals surface area contributed by atoms with Gasteiger partial charge >= 0.3 is 6.09 Å². The zero-order chi connectivity index (χ0) is 23.4. The van der Waals surface area contributed by atoms with E-state index in [0.717, 1.165) is 33.5 Å². The van der Waals surface area contributed by atoms with Gasteiger partial charge in [-0.1, -0.05) is 18.2 Å². The summed E-state index contributed by atoms with van der Waals surface area (Å²) in [6, 6.07) is 11.5. The molecule has 3 aromatic rings. The Hall–Kier alpha value is -3.14. The van der Waals surface area contributed by atoms with Crippen LogP contribution >= 0.6 is 0 Å². The van der Waals surface area contributed by atoms with Crippen LogP contribution in [0.4, 0.5) is 10.6 Å². The van der Waals surface area contributed by atoms with Gasteiger partial charge in [0.15, 0.2) is 0 Å². The quantitative estimate of drug-likeness (QED) is 0.534. The Bertz CT molecular complexity index is 1300. The van der Waals surface area contributed by atoms with Crippen LogP contribution in [-0.2, 0) is 21.1 Å². The number of nitrogens with zero attached hydrogens (tertiary/aromatic N) is 3. The molecule has 8 nitrogen and oxygen atoms in total. The van der Waals surface area contributed by atoms with Gasteiger partial charge in [-0.05, 0) is 49.3 Å². The maximum atomic E-state index is 12.9. The minimum absolute atomic E-state index is 0.180. The predicted molar refractivity (Wildman–Crippen MR) is 132 cm³/mol. The van der Waals surface area contributed by atoms with Crippen molar-refractivity contribution < 1.29 is 18.5 Å². The lowest BCUT2D eigenvalue weighted by Crippen LogP contribution is -2.27. The van der Waals surface area contributed by atoms with Crippen LogP contribution < -0.4 is 15.5 Å². The maximum absolute atomic E-state index is 12.9. The lowest BCUT2D eigenvalue weighted by atomic mass is 9.92. The van der Waals surface area contributed by atoms with Gasteiger partial charge in [0.25, 0.3) is 0 Å². The molecular formula is C23H27BN4O4S. The standard InChI is InChI=1S/C23H27BN4O4S/c1-3-31-23(29)28-33(2,30)17-9-4-6-15(10-17)13-32-21-12-20-18(11-19(21)24)22(26-14-25-20)27-16-7-5-8-16/h4,6,9-12,14,16H,3,5,7-8,13,24H2,1-2H3,(H,25,26,27). The van der Waals surface area contributed by atoms with E-state index in [2.05, 4.69) is 19.6 Å². The van der Waals surface area contributed by atoms with Crippen molar-refractivity contribution >= 4 is 45.9 Å². The molecular weight excluding hydrogens is 439 g/mol. The van der Waals surface area contributed by atoms with Crippen LogP contribution in [-0.4, -0.2) is 47.0 Å². The lowest BCUT2D eigenvalue weighted by molar-refractivity contribution is 0.164. The Kier molecular flexibility index (Phi) is 6.83. The van der Waals surface area contributed by atoms with Crippen molar-refractivity contribution in [2.24, 2.45) is 4.36 Å². The summed E-state index contributed by atoms with van der Waals surface area (Å²) < 4.78 is 27.5. The first-order valence-electron chi connectivity index (χ1n) is 11.0. The Morgan fingerprint density at radius 2 is 2.09 bits per heavy atom. The van der Waals surface area contributed by atoms with Gasteiger partial charge < -0.3 is 14.8 Å². The second kappa shape index (κ2) is 9.78. The van der Waals surface area contributed by atoms with Gasteiger partial charge in [-0.3, -0.25) is 0 Å². The van der Waals surface area contributed by atoms with Crippen molar-refractivity contribution in [1.29, 1.82) is 0 Å². The van der Waals surface area contributed by atoms with E-state index in [1.165, 1.54) is 25.5 Å². The van der Waals surface area contributed by atoms with Gasteiger partial charge in [-0.15, -0.1) is 4.36 Å². The Morgan fingerprint density at radius 1 is 1.27 bits per heavy atom. The zero-order valence-corrected chi connectivity index (χ0v) is 19.9. The van der Waals surface area contributed by atoms with Crippen molar-refractivity contribution in [3.8, 4) is 5.75 Å². The number of aromatic nitrogens is 2. The number of nitrogens with one attached hydrogen (secondary N) is 1. The molecule has 4 rings (SSSR count). The largest absolute Gasteiger partial charge is 0.489 e. The lowest BCUT2D eigenvalue weighted by Gasteiger charge is -2.27. The second-order valence-corrected chi connectivity index (χ2v) is 10.4. The highest BCUT2D eigenvalue weighted by Crippen LogP contribution is 2.27. The fourth-order valence-electron chi connectivity index (χ4n) is 3.59. The number of benzene rings is 2. The highest BCUT2D eigenvalue weighted by molar-refractivity contribution is 7.93. The molecule has 1 unspecified atom stereocenters. The molecule has 0 radical (unpaired) electrons. The number of amides is 1. The number of anilines is 1. The van der Waals surface area contributed by atoms with Gasteiger partial charge in [0.2, 0.25) is 0 Å². The average Bonchev–Trinajstić information content (AvgIpc) is 2.75. The van der Waals surface area contributed by atoms with Gasteiger partial charge in [0, 0.05) is 28.6 Å². The Labute approximate surface area is 194 Å². The third-order valence-corrected chi connectivity index (χ3v) is 7.25. The number of hydrogen-bond donors (Lipinski definition) is 1. The molecule has 1 aromatic heterocycles. The first-order valence-corrected chi connectivity index (χ1v) is 12.9. The predicted octanol–water partition coefficient (Wildman–Crippen LogP) is 3.04. The SMILES string of the molecule is Bc1cc2c(NC3CCC3)ncnc2cc1OCc1cccc(S(C)(=O)=NC(=O)OCC)c1. The summed E-state index contributed by atoms with van der Waals surface area (Å²) in [5, 5.41) is 4.48. The van der Waals surface area contributed by atoms with E-state index < -0.39 is 15.8 Å². The molecule has 10 heteroatoms. The summed E-state index contributed by atoms with van der Waals surface area (Å²) >= 11 is 0. The first-order chi connectivity index (χ1) is 15.9. The van der Waals surface area contributed by atoms with E-state index in [4.69, 9.17) is 9.47 Å². The molecule has 1 N–H and O–H groups in total. The molecule has 1 fully saturated rings. The summed E-state index contributed by atoms with van der Waals surface area (Å²) in [6.45, 7) is 2.13. The molecule has 0 aliphatic heterocycles. The van der Waals surface area contributed by atoms with Gasteiger partial charge in [0.05, 0.1) is 21.9 Å². The number of carbonyl (C=O) groups excluding carboxylic acids is 1. The maximum Gasteiger partial charge on any atom is 0.442 e. The van der Waals surface area contributed by atoms with Crippen molar-refractivity contribution in [3.63, 3.8) is 0 Å². The van der Waals surface area contributed by atoms with Gasteiger partial charge in [-0.25, -0.2) is 19.0 Å². The van der Waals surface area contributed by atoms with Crippen LogP contribution in [0.25, 0.3) is 10.9 Å². The molecule has 0 spiro atoms. The summed E-state index contributed by atoms with van der Waals surface area (Å²) in [5.41, 5.74) is 2.60. The van der Waals surface area contributed by atoms with Crippen LogP contribution in [0.1, 0.15) is 31.7 Å². The van der Waals surface area contributed by atoms with E-state index in [0.29, 0.717) is 10.9 Å². The van der Waals surface area contributed by atoms with Gasteiger partial charge in [0.1, 0.15) is 32.3 Å². The molecule has 1 aliphatic rings. The van der Waals surface area contributed by atoms with E-state index in [-0.39, 0.29) is 13.2 Å². The first kappa shape index (κ1) is 23.0. The average molecular weight is 466 g/mol. The molecule has 0 saturated heterocycles. The molecule has 0 bridgehead atoms. The number of hydrogen-bond acceptors (Lipinski definition) is 7. The number of rotatable bonds is 7. The van der Waals surface area contributed by atoms with E-state index in [9.17, 15) is 9.00 Å². The van der Waals surface area contributed by atoms with E-state index in [1.807, 2.05) is 26.0 Å². The van der Waals surface area contributed by atoms with E-state index >= 15 is 0 Å². The molecule has 1 atom stereocenters. The summed E-state index contributed by atoms with van der Waals surface area (Å²) in [5.74, 6) is 1.57.